The normalized spacial score (nSPS) is 14.3. The number of halogens is 8. The van der Waals surface area contributed by atoms with Crippen molar-refractivity contribution in [1.82, 2.24) is 0 Å². The molecule has 0 spiro atoms. The summed E-state index contributed by atoms with van der Waals surface area (Å²) >= 11 is 5.59. The lowest BCUT2D eigenvalue weighted by atomic mass is 10.3. The van der Waals surface area contributed by atoms with E-state index in [1.165, 1.54) is 0 Å². The maximum Gasteiger partial charge on any atom is 0.461 e. The molecular formula is C11H7ClF7NO3S. The third-order valence-electron chi connectivity index (χ3n) is 2.54. The van der Waals surface area contributed by atoms with Crippen LogP contribution in [0.5, 0.6) is 0 Å². The molecule has 0 fully saturated rings. The van der Waals surface area contributed by atoms with Gasteiger partial charge in [-0.25, -0.2) is 4.21 Å². The van der Waals surface area contributed by atoms with E-state index >= 15 is 0 Å². The number of alkyl halides is 7. The highest BCUT2D eigenvalue weighted by atomic mass is 35.5. The molecule has 4 nitrogen and oxygen atoms in total. The van der Waals surface area contributed by atoms with Gasteiger partial charge in [0.15, 0.2) is 0 Å². The van der Waals surface area contributed by atoms with Crippen molar-refractivity contribution in [2.75, 3.05) is 11.9 Å². The number of carboxylic acids is 1. The summed E-state index contributed by atoms with van der Waals surface area (Å²) in [6.07, 6.45) is -6.62. The first-order valence-electron chi connectivity index (χ1n) is 5.71. The number of carboxylic acid groups (broad SMARTS) is 1. The molecule has 24 heavy (non-hydrogen) atoms. The molecule has 0 aromatic heterocycles. The molecule has 0 aliphatic rings. The highest BCUT2D eigenvalue weighted by Crippen LogP contribution is 2.49. The van der Waals surface area contributed by atoms with E-state index in [0.29, 0.717) is 12.1 Å². The van der Waals surface area contributed by atoms with Crippen LogP contribution in [0.15, 0.2) is 23.1 Å². The predicted octanol–water partition coefficient (Wildman–Crippen LogP) is 3.73. The number of aliphatic carboxylic acids is 1. The van der Waals surface area contributed by atoms with Gasteiger partial charge in [0.2, 0.25) is 0 Å². The molecular weight excluding hydrogens is 395 g/mol. The Morgan fingerprint density at radius 3 is 2.17 bits per heavy atom. The summed E-state index contributed by atoms with van der Waals surface area (Å²) < 4.78 is 100. The Balaban J connectivity index is 3.24. The van der Waals surface area contributed by atoms with Gasteiger partial charge in [-0.2, -0.15) is 30.7 Å². The van der Waals surface area contributed by atoms with E-state index in [4.69, 9.17) is 16.7 Å². The van der Waals surface area contributed by atoms with E-state index in [0.717, 1.165) is 6.07 Å². The second kappa shape index (κ2) is 6.75. The number of hydrogen-bond acceptors (Lipinski definition) is 3. The van der Waals surface area contributed by atoms with E-state index in [2.05, 4.69) is 5.32 Å². The van der Waals surface area contributed by atoms with Crippen molar-refractivity contribution >= 4 is 34.1 Å². The van der Waals surface area contributed by atoms with Gasteiger partial charge in [0.25, 0.3) is 0 Å². The SMILES string of the molecule is O=C(O)CNc1cc(S(=O)C(F)(F)C(F)(F)C(F)(F)F)ccc1Cl. The molecule has 1 unspecified atom stereocenters. The number of nitrogens with one attached hydrogen (secondary N) is 1. The van der Waals surface area contributed by atoms with Gasteiger partial charge >= 0.3 is 23.3 Å². The average Bonchev–Trinajstić information content (AvgIpc) is 2.44. The zero-order valence-corrected chi connectivity index (χ0v) is 12.7. The van der Waals surface area contributed by atoms with Gasteiger partial charge in [0, 0.05) is 4.90 Å². The van der Waals surface area contributed by atoms with Crippen LogP contribution in [-0.2, 0) is 15.6 Å². The second-order valence-corrected chi connectivity index (χ2v) is 6.18. The van der Waals surface area contributed by atoms with Crippen LogP contribution < -0.4 is 5.32 Å². The lowest BCUT2D eigenvalue weighted by molar-refractivity contribution is -0.331. The van der Waals surface area contributed by atoms with Crippen molar-refractivity contribution in [1.29, 1.82) is 0 Å². The molecule has 0 aliphatic heterocycles. The van der Waals surface area contributed by atoms with Gasteiger partial charge in [-0.05, 0) is 18.2 Å². The van der Waals surface area contributed by atoms with Crippen LogP contribution in [0.4, 0.5) is 36.4 Å². The van der Waals surface area contributed by atoms with Crippen LogP contribution in [0.3, 0.4) is 0 Å². The molecule has 0 aliphatic carbocycles. The first-order chi connectivity index (χ1) is 10.7. The molecule has 0 bridgehead atoms. The summed E-state index contributed by atoms with van der Waals surface area (Å²) in [6.45, 7) is -0.759. The van der Waals surface area contributed by atoms with Crippen molar-refractivity contribution < 1.29 is 44.8 Å². The Hall–Kier alpha value is -1.56. The van der Waals surface area contributed by atoms with Crippen molar-refractivity contribution in [3.8, 4) is 0 Å². The molecule has 0 radical (unpaired) electrons. The Labute approximate surface area is 137 Å². The molecule has 0 amide bonds. The first-order valence-corrected chi connectivity index (χ1v) is 7.24. The Morgan fingerprint density at radius 2 is 1.71 bits per heavy atom. The molecule has 0 heterocycles. The Kier molecular flexibility index (Phi) is 5.76. The smallest absolute Gasteiger partial charge is 0.461 e. The van der Waals surface area contributed by atoms with E-state index < -0.39 is 45.6 Å². The van der Waals surface area contributed by atoms with Crippen molar-refractivity contribution in [3.05, 3.63) is 23.2 Å². The third kappa shape index (κ3) is 3.91. The summed E-state index contributed by atoms with van der Waals surface area (Å²) in [5.41, 5.74) is -0.379. The van der Waals surface area contributed by atoms with Crippen LogP contribution in [0.2, 0.25) is 5.02 Å². The van der Waals surface area contributed by atoms with Gasteiger partial charge < -0.3 is 10.4 Å². The predicted molar refractivity (Wildman–Crippen MR) is 69.9 cm³/mol. The van der Waals surface area contributed by atoms with Gasteiger partial charge in [-0.3, -0.25) is 4.79 Å². The van der Waals surface area contributed by atoms with Gasteiger partial charge in [0.1, 0.15) is 17.3 Å². The minimum Gasteiger partial charge on any atom is -0.480 e. The van der Waals surface area contributed by atoms with Crippen LogP contribution in [0.1, 0.15) is 0 Å². The quantitative estimate of drug-likeness (QED) is 0.713. The summed E-state index contributed by atoms with van der Waals surface area (Å²) in [7, 11) is -4.09. The highest BCUT2D eigenvalue weighted by molar-refractivity contribution is 7.86. The molecule has 1 rings (SSSR count). The maximum absolute atomic E-state index is 13.4. The lowest BCUT2D eigenvalue weighted by Gasteiger charge is -2.27. The maximum atomic E-state index is 13.4. The number of benzene rings is 1. The monoisotopic (exact) mass is 401 g/mol. The van der Waals surface area contributed by atoms with E-state index in [9.17, 15) is 39.7 Å². The molecule has 2 N–H and O–H groups in total. The number of rotatable bonds is 6. The molecule has 0 saturated carbocycles. The zero-order chi connectivity index (χ0) is 18.9. The van der Waals surface area contributed by atoms with Gasteiger partial charge in [-0.15, -0.1) is 0 Å². The molecule has 13 heteroatoms. The zero-order valence-electron chi connectivity index (χ0n) is 11.1. The molecule has 136 valence electrons. The van der Waals surface area contributed by atoms with E-state index in [-0.39, 0.29) is 10.7 Å². The third-order valence-corrected chi connectivity index (χ3v) is 4.27. The average molecular weight is 402 g/mol. The fourth-order valence-electron chi connectivity index (χ4n) is 1.36. The first kappa shape index (κ1) is 20.5. The standard InChI is InChI=1S/C11H7ClF7NO3S/c12-6-2-1-5(3-7(6)20-4-8(21)22)24(23)11(18,19)9(13,14)10(15,16)17/h1-3,20H,4H2,(H,21,22). The number of hydrogen-bond donors (Lipinski definition) is 2. The van der Waals surface area contributed by atoms with Gasteiger partial charge in [0.05, 0.1) is 10.7 Å². The molecule has 1 atom stereocenters. The summed E-state index contributed by atoms with van der Waals surface area (Å²) in [6, 6.07) is 1.85. The second-order valence-electron chi connectivity index (χ2n) is 4.25. The summed E-state index contributed by atoms with van der Waals surface area (Å²) in [4.78, 5) is 9.30. The van der Waals surface area contributed by atoms with Crippen molar-refractivity contribution in [3.63, 3.8) is 0 Å². The number of anilines is 1. The largest absolute Gasteiger partial charge is 0.480 e. The Bertz CT molecular complexity index is 666. The number of carbonyl (C=O) groups is 1. The van der Waals surface area contributed by atoms with Crippen molar-refractivity contribution in [2.45, 2.75) is 22.2 Å². The summed E-state index contributed by atoms with van der Waals surface area (Å²) in [5, 5.41) is 4.36. The van der Waals surface area contributed by atoms with Crippen LogP contribution in [-0.4, -0.2) is 39.2 Å². The summed E-state index contributed by atoms with van der Waals surface area (Å²) in [5.74, 6) is -7.94. The fraction of sp³-hybridized carbons (Fsp3) is 0.364. The van der Waals surface area contributed by atoms with E-state index in [1.807, 2.05) is 0 Å². The molecule has 0 saturated heterocycles. The topological polar surface area (TPSA) is 66.4 Å². The fourth-order valence-corrected chi connectivity index (χ4v) is 2.60. The lowest BCUT2D eigenvalue weighted by Crippen LogP contribution is -2.54. The van der Waals surface area contributed by atoms with E-state index in [1.54, 1.807) is 0 Å². The van der Waals surface area contributed by atoms with Crippen LogP contribution in [0, 0.1) is 0 Å². The minimum absolute atomic E-state index is 0.247. The van der Waals surface area contributed by atoms with Crippen molar-refractivity contribution in [2.24, 2.45) is 0 Å². The van der Waals surface area contributed by atoms with Crippen LogP contribution >= 0.6 is 11.6 Å². The molecule has 1 aromatic carbocycles. The Morgan fingerprint density at radius 1 is 1.17 bits per heavy atom. The minimum atomic E-state index is -6.62. The van der Waals surface area contributed by atoms with Gasteiger partial charge in [-0.1, -0.05) is 11.6 Å². The highest BCUT2D eigenvalue weighted by Gasteiger charge is 2.76. The van der Waals surface area contributed by atoms with Crippen LogP contribution in [0.25, 0.3) is 0 Å². The molecule has 1 aromatic rings.